The van der Waals surface area contributed by atoms with Crippen molar-refractivity contribution in [3.8, 4) is 5.75 Å². The summed E-state index contributed by atoms with van der Waals surface area (Å²) >= 11 is 0. The largest absolute Gasteiger partial charge is 0.508 e. The molecular weight excluding hydrogens is 328 g/mol. The molecule has 0 aromatic heterocycles. The summed E-state index contributed by atoms with van der Waals surface area (Å²) in [5.74, 6) is -1.27. The Labute approximate surface area is 146 Å². The summed E-state index contributed by atoms with van der Waals surface area (Å²) in [7, 11) is 1.25. The van der Waals surface area contributed by atoms with Crippen LogP contribution in [0.2, 0.25) is 0 Å². The van der Waals surface area contributed by atoms with Crippen LogP contribution in [-0.2, 0) is 31.9 Å². The fraction of sp³-hybridized carbons (Fsp3) is 0.471. The Kier molecular flexibility index (Phi) is 6.78. The van der Waals surface area contributed by atoms with E-state index in [4.69, 9.17) is 10.5 Å². The number of carbonyl (C=O) groups is 3. The van der Waals surface area contributed by atoms with Crippen molar-refractivity contribution in [3.63, 3.8) is 0 Å². The van der Waals surface area contributed by atoms with Gasteiger partial charge in [-0.05, 0) is 44.0 Å². The number of hydrogen-bond acceptors (Lipinski definition) is 6. The van der Waals surface area contributed by atoms with E-state index in [-0.39, 0.29) is 18.6 Å². The van der Waals surface area contributed by atoms with Crippen LogP contribution in [0.1, 0.15) is 31.9 Å². The van der Waals surface area contributed by atoms with Gasteiger partial charge in [0.2, 0.25) is 5.91 Å². The first-order chi connectivity index (χ1) is 11.5. The molecule has 0 spiro atoms. The summed E-state index contributed by atoms with van der Waals surface area (Å²) in [6.45, 7) is 5.08. The van der Waals surface area contributed by atoms with Crippen molar-refractivity contribution in [2.24, 2.45) is 5.73 Å². The molecule has 0 saturated carbocycles. The third kappa shape index (κ3) is 7.11. The van der Waals surface area contributed by atoms with Crippen LogP contribution in [-0.4, -0.2) is 41.8 Å². The van der Waals surface area contributed by atoms with Crippen LogP contribution in [0.25, 0.3) is 0 Å². The van der Waals surface area contributed by atoms with Crippen LogP contribution >= 0.6 is 0 Å². The third-order valence-corrected chi connectivity index (χ3v) is 3.21. The van der Waals surface area contributed by atoms with Gasteiger partial charge in [-0.2, -0.15) is 0 Å². The van der Waals surface area contributed by atoms with E-state index in [0.29, 0.717) is 11.1 Å². The number of esters is 1. The van der Waals surface area contributed by atoms with Crippen molar-refractivity contribution in [3.05, 3.63) is 29.3 Å². The minimum atomic E-state index is -1.03. The smallest absolute Gasteiger partial charge is 0.408 e. The predicted molar refractivity (Wildman–Crippen MR) is 89.9 cm³/mol. The van der Waals surface area contributed by atoms with Gasteiger partial charge in [-0.3, -0.25) is 9.59 Å². The number of nitrogens with one attached hydrogen (secondary N) is 1. The van der Waals surface area contributed by atoms with E-state index >= 15 is 0 Å². The third-order valence-electron chi connectivity index (χ3n) is 3.21. The monoisotopic (exact) mass is 352 g/mol. The van der Waals surface area contributed by atoms with Gasteiger partial charge < -0.3 is 25.6 Å². The molecule has 0 saturated heterocycles. The SMILES string of the molecule is COC(=O)Cc1cc(O)ccc1C[C@H](NC(=O)OC(C)(C)C)C(N)=O. The summed E-state index contributed by atoms with van der Waals surface area (Å²) in [5.41, 5.74) is 5.68. The molecule has 8 heteroatoms. The van der Waals surface area contributed by atoms with Crippen LogP contribution < -0.4 is 11.1 Å². The van der Waals surface area contributed by atoms with Crippen molar-refractivity contribution < 1.29 is 29.0 Å². The van der Waals surface area contributed by atoms with E-state index in [1.807, 2.05) is 0 Å². The van der Waals surface area contributed by atoms with Crippen molar-refractivity contribution in [1.29, 1.82) is 0 Å². The Morgan fingerprint density at radius 1 is 1.24 bits per heavy atom. The first-order valence-electron chi connectivity index (χ1n) is 7.68. The van der Waals surface area contributed by atoms with Gasteiger partial charge in [-0.25, -0.2) is 4.79 Å². The lowest BCUT2D eigenvalue weighted by molar-refractivity contribution is -0.139. The fourth-order valence-electron chi connectivity index (χ4n) is 2.10. The number of phenolic OH excluding ortho intramolecular Hbond substituents is 1. The van der Waals surface area contributed by atoms with Gasteiger partial charge in [0.15, 0.2) is 0 Å². The van der Waals surface area contributed by atoms with E-state index in [1.54, 1.807) is 26.8 Å². The number of hydrogen-bond donors (Lipinski definition) is 3. The standard InChI is InChI=1S/C17H24N2O6/c1-17(2,3)25-16(23)19-13(15(18)22)8-10-5-6-12(20)7-11(10)9-14(21)24-4/h5-7,13,20H,8-9H2,1-4H3,(H2,18,22)(H,19,23)/t13-/m0/s1. The number of primary amides is 1. The second kappa shape index (κ2) is 8.36. The topological polar surface area (TPSA) is 128 Å². The van der Waals surface area contributed by atoms with E-state index in [2.05, 4.69) is 10.1 Å². The lowest BCUT2D eigenvalue weighted by Crippen LogP contribution is -2.47. The molecule has 0 aliphatic carbocycles. The number of amides is 2. The zero-order chi connectivity index (χ0) is 19.2. The van der Waals surface area contributed by atoms with E-state index in [9.17, 15) is 19.5 Å². The molecule has 0 heterocycles. The summed E-state index contributed by atoms with van der Waals surface area (Å²) in [6, 6.07) is 3.34. The molecule has 0 fully saturated rings. The van der Waals surface area contributed by atoms with E-state index in [1.165, 1.54) is 19.2 Å². The minimum absolute atomic E-state index is 0.0293. The van der Waals surface area contributed by atoms with Gasteiger partial charge in [0.05, 0.1) is 13.5 Å². The molecule has 2 amide bonds. The second-order valence-corrected chi connectivity index (χ2v) is 6.51. The van der Waals surface area contributed by atoms with E-state index in [0.717, 1.165) is 0 Å². The number of phenols is 1. The Bertz CT molecular complexity index is 651. The Morgan fingerprint density at radius 3 is 2.40 bits per heavy atom. The molecule has 0 aliphatic rings. The molecule has 0 bridgehead atoms. The summed E-state index contributed by atoms with van der Waals surface area (Å²) in [4.78, 5) is 35.1. The van der Waals surface area contributed by atoms with Crippen molar-refractivity contribution in [2.45, 2.75) is 45.3 Å². The first-order valence-corrected chi connectivity index (χ1v) is 7.68. The molecule has 8 nitrogen and oxygen atoms in total. The van der Waals surface area contributed by atoms with Crippen LogP contribution in [0.15, 0.2) is 18.2 Å². The zero-order valence-electron chi connectivity index (χ0n) is 14.8. The van der Waals surface area contributed by atoms with Gasteiger partial charge >= 0.3 is 12.1 Å². The minimum Gasteiger partial charge on any atom is -0.508 e. The normalized spacial score (nSPS) is 12.2. The molecule has 1 atom stereocenters. The number of rotatable bonds is 6. The zero-order valence-corrected chi connectivity index (χ0v) is 14.8. The summed E-state index contributed by atoms with van der Waals surface area (Å²) in [6.07, 6.45) is -0.816. The Balaban J connectivity index is 2.96. The summed E-state index contributed by atoms with van der Waals surface area (Å²) < 4.78 is 9.73. The molecule has 0 unspecified atom stereocenters. The van der Waals surface area contributed by atoms with Gasteiger partial charge in [0, 0.05) is 6.42 Å². The Hall–Kier alpha value is -2.77. The molecule has 25 heavy (non-hydrogen) atoms. The second-order valence-electron chi connectivity index (χ2n) is 6.51. The van der Waals surface area contributed by atoms with E-state index < -0.39 is 29.6 Å². The number of alkyl carbamates (subject to hydrolysis) is 1. The highest BCUT2D eigenvalue weighted by Gasteiger charge is 2.24. The van der Waals surface area contributed by atoms with Crippen LogP contribution in [0.4, 0.5) is 4.79 Å². The number of aromatic hydroxyl groups is 1. The highest BCUT2D eigenvalue weighted by molar-refractivity contribution is 5.84. The molecule has 4 N–H and O–H groups in total. The van der Waals surface area contributed by atoms with Gasteiger partial charge in [0.25, 0.3) is 0 Å². The number of carbonyl (C=O) groups excluding carboxylic acids is 3. The number of ether oxygens (including phenoxy) is 2. The van der Waals surface area contributed by atoms with Crippen molar-refractivity contribution in [1.82, 2.24) is 5.32 Å². The molecule has 1 aromatic rings. The lowest BCUT2D eigenvalue weighted by Gasteiger charge is -2.23. The van der Waals surface area contributed by atoms with Gasteiger partial charge in [-0.15, -0.1) is 0 Å². The highest BCUT2D eigenvalue weighted by Crippen LogP contribution is 2.19. The maximum atomic E-state index is 11.9. The van der Waals surface area contributed by atoms with Crippen LogP contribution in [0.3, 0.4) is 0 Å². The van der Waals surface area contributed by atoms with Gasteiger partial charge in [-0.1, -0.05) is 6.07 Å². The fourth-order valence-corrected chi connectivity index (χ4v) is 2.10. The number of nitrogens with two attached hydrogens (primary N) is 1. The first kappa shape index (κ1) is 20.3. The van der Waals surface area contributed by atoms with Gasteiger partial charge in [0.1, 0.15) is 17.4 Å². The molecule has 138 valence electrons. The Morgan fingerprint density at radius 2 is 1.88 bits per heavy atom. The molecule has 0 radical (unpaired) electrons. The highest BCUT2D eigenvalue weighted by atomic mass is 16.6. The lowest BCUT2D eigenvalue weighted by atomic mass is 9.97. The summed E-state index contributed by atoms with van der Waals surface area (Å²) in [5, 5.41) is 12.0. The van der Waals surface area contributed by atoms with Crippen molar-refractivity contribution >= 4 is 18.0 Å². The maximum absolute atomic E-state index is 11.9. The number of benzene rings is 1. The number of methoxy groups -OCH3 is 1. The van der Waals surface area contributed by atoms with Crippen LogP contribution in [0, 0.1) is 0 Å². The molecule has 1 aromatic carbocycles. The predicted octanol–water partition coefficient (Wildman–Crippen LogP) is 1.03. The molecular formula is C17H24N2O6. The average Bonchev–Trinajstić information content (AvgIpc) is 2.46. The molecule has 1 rings (SSSR count). The maximum Gasteiger partial charge on any atom is 0.408 e. The van der Waals surface area contributed by atoms with Crippen molar-refractivity contribution in [2.75, 3.05) is 7.11 Å². The molecule has 0 aliphatic heterocycles. The average molecular weight is 352 g/mol. The quantitative estimate of drug-likeness (QED) is 0.656. The van der Waals surface area contributed by atoms with Crippen LogP contribution in [0.5, 0.6) is 5.75 Å².